The van der Waals surface area contributed by atoms with Gasteiger partial charge in [0.25, 0.3) is 5.69 Å². The summed E-state index contributed by atoms with van der Waals surface area (Å²) in [6.07, 6.45) is 0. The lowest BCUT2D eigenvalue weighted by Gasteiger charge is -2.02. The van der Waals surface area contributed by atoms with Gasteiger partial charge in [0.2, 0.25) is 4.47 Å². The number of nitro benzene ring substituents is 1. The van der Waals surface area contributed by atoms with E-state index in [2.05, 4.69) is 10.2 Å². The second-order valence-corrected chi connectivity index (χ2v) is 4.63. The van der Waals surface area contributed by atoms with E-state index in [9.17, 15) is 10.1 Å². The molecule has 0 atom stereocenters. The molecule has 0 saturated carbocycles. The van der Waals surface area contributed by atoms with Crippen LogP contribution in [0.4, 0.5) is 5.69 Å². The molecule has 0 aliphatic heterocycles. The van der Waals surface area contributed by atoms with Crippen LogP contribution >= 0.6 is 22.9 Å². The van der Waals surface area contributed by atoms with Crippen LogP contribution in [0.2, 0.25) is 4.47 Å². The Labute approximate surface area is 105 Å². The summed E-state index contributed by atoms with van der Waals surface area (Å²) in [6, 6.07) is 5.81. The first-order valence-electron chi connectivity index (χ1n) is 4.50. The number of nitro groups is 1. The minimum Gasteiger partial charge on any atom is -0.486 e. The fraction of sp³-hybridized carbons (Fsp3) is 0.111. The van der Waals surface area contributed by atoms with Gasteiger partial charge in [-0.2, -0.15) is 0 Å². The van der Waals surface area contributed by atoms with Crippen LogP contribution in [0.25, 0.3) is 0 Å². The molecule has 88 valence electrons. The third-order valence-electron chi connectivity index (χ3n) is 1.85. The predicted molar refractivity (Wildman–Crippen MR) is 62.3 cm³/mol. The van der Waals surface area contributed by atoms with Gasteiger partial charge in [-0.3, -0.25) is 10.1 Å². The van der Waals surface area contributed by atoms with E-state index in [0.717, 1.165) is 0 Å². The highest BCUT2D eigenvalue weighted by molar-refractivity contribution is 7.15. The Kier molecular flexibility index (Phi) is 3.50. The molecule has 0 saturated heterocycles. The molecule has 0 radical (unpaired) electrons. The summed E-state index contributed by atoms with van der Waals surface area (Å²) in [5, 5.41) is 18.5. The first-order chi connectivity index (χ1) is 8.15. The van der Waals surface area contributed by atoms with Crippen molar-refractivity contribution < 1.29 is 9.66 Å². The summed E-state index contributed by atoms with van der Waals surface area (Å²) in [4.78, 5) is 9.96. The number of benzene rings is 1. The maximum Gasteiger partial charge on any atom is 0.269 e. The fourth-order valence-corrected chi connectivity index (χ4v) is 1.88. The van der Waals surface area contributed by atoms with Gasteiger partial charge in [0.15, 0.2) is 5.01 Å². The highest BCUT2D eigenvalue weighted by Crippen LogP contribution is 2.20. The van der Waals surface area contributed by atoms with E-state index in [4.69, 9.17) is 16.3 Å². The van der Waals surface area contributed by atoms with E-state index in [1.807, 2.05) is 0 Å². The van der Waals surface area contributed by atoms with E-state index in [1.54, 1.807) is 0 Å². The van der Waals surface area contributed by atoms with Crippen molar-refractivity contribution in [1.82, 2.24) is 10.2 Å². The van der Waals surface area contributed by atoms with Gasteiger partial charge < -0.3 is 4.74 Å². The van der Waals surface area contributed by atoms with E-state index < -0.39 is 4.92 Å². The lowest BCUT2D eigenvalue weighted by molar-refractivity contribution is -0.384. The smallest absolute Gasteiger partial charge is 0.269 e. The molecule has 0 spiro atoms. The Hall–Kier alpha value is -1.73. The van der Waals surface area contributed by atoms with Crippen LogP contribution in [-0.4, -0.2) is 15.1 Å². The average Bonchev–Trinajstić information content (AvgIpc) is 2.73. The molecule has 8 heteroatoms. The van der Waals surface area contributed by atoms with Gasteiger partial charge in [-0.15, -0.1) is 10.2 Å². The SMILES string of the molecule is O=[N+]([O-])c1ccc(OCc2nnc(Cl)s2)cc1. The van der Waals surface area contributed by atoms with Crippen LogP contribution < -0.4 is 4.74 Å². The number of hydrogen-bond acceptors (Lipinski definition) is 6. The Balaban J connectivity index is 1.97. The van der Waals surface area contributed by atoms with Gasteiger partial charge in [-0.05, 0) is 23.7 Å². The van der Waals surface area contributed by atoms with Crippen molar-refractivity contribution in [3.63, 3.8) is 0 Å². The van der Waals surface area contributed by atoms with E-state index in [0.29, 0.717) is 15.2 Å². The largest absolute Gasteiger partial charge is 0.486 e. The molecule has 0 unspecified atom stereocenters. The zero-order chi connectivity index (χ0) is 12.3. The van der Waals surface area contributed by atoms with Crippen LogP contribution in [0.5, 0.6) is 5.75 Å². The highest BCUT2D eigenvalue weighted by atomic mass is 35.5. The Morgan fingerprint density at radius 1 is 1.35 bits per heavy atom. The molecule has 1 heterocycles. The molecule has 0 bridgehead atoms. The fourth-order valence-electron chi connectivity index (χ4n) is 1.10. The van der Waals surface area contributed by atoms with E-state index in [1.165, 1.54) is 35.6 Å². The Bertz CT molecular complexity index is 529. The summed E-state index contributed by atoms with van der Waals surface area (Å²) in [7, 11) is 0. The number of hydrogen-bond donors (Lipinski definition) is 0. The molecule has 6 nitrogen and oxygen atoms in total. The number of nitrogens with zero attached hydrogens (tertiary/aromatic N) is 3. The lowest BCUT2D eigenvalue weighted by atomic mass is 10.3. The van der Waals surface area contributed by atoms with Gasteiger partial charge >= 0.3 is 0 Å². The van der Waals surface area contributed by atoms with Gasteiger partial charge in [-0.25, -0.2) is 0 Å². The summed E-state index contributed by atoms with van der Waals surface area (Å²) >= 11 is 6.84. The van der Waals surface area contributed by atoms with Crippen LogP contribution in [0.1, 0.15) is 5.01 Å². The molecule has 0 N–H and O–H groups in total. The van der Waals surface area contributed by atoms with Gasteiger partial charge in [0.1, 0.15) is 12.4 Å². The molecule has 0 amide bonds. The van der Waals surface area contributed by atoms with Crippen LogP contribution in [0.3, 0.4) is 0 Å². The molecule has 1 aromatic heterocycles. The normalized spacial score (nSPS) is 10.2. The molecule has 0 fully saturated rings. The third kappa shape index (κ3) is 3.11. The van der Waals surface area contributed by atoms with Crippen molar-refractivity contribution in [1.29, 1.82) is 0 Å². The Morgan fingerprint density at radius 2 is 2.06 bits per heavy atom. The second-order valence-electron chi connectivity index (χ2n) is 2.99. The van der Waals surface area contributed by atoms with Crippen molar-refractivity contribution in [3.8, 4) is 5.75 Å². The Morgan fingerprint density at radius 3 is 2.59 bits per heavy atom. The topological polar surface area (TPSA) is 78.2 Å². The maximum atomic E-state index is 10.4. The molecule has 17 heavy (non-hydrogen) atoms. The molecular formula is C9H6ClN3O3S. The minimum atomic E-state index is -0.464. The average molecular weight is 272 g/mol. The number of ether oxygens (including phenoxy) is 1. The molecule has 0 aliphatic carbocycles. The first kappa shape index (κ1) is 11.7. The molecule has 2 rings (SSSR count). The summed E-state index contributed by atoms with van der Waals surface area (Å²) in [5.74, 6) is 0.530. The van der Waals surface area contributed by atoms with Gasteiger partial charge in [0, 0.05) is 12.1 Å². The van der Waals surface area contributed by atoms with Crippen molar-refractivity contribution in [2.75, 3.05) is 0 Å². The molecular weight excluding hydrogens is 266 g/mol. The zero-order valence-corrected chi connectivity index (χ0v) is 9.94. The molecule has 1 aromatic carbocycles. The molecule has 0 aliphatic rings. The van der Waals surface area contributed by atoms with Crippen LogP contribution in [-0.2, 0) is 6.61 Å². The number of aromatic nitrogens is 2. The van der Waals surface area contributed by atoms with Gasteiger partial charge in [0.05, 0.1) is 4.92 Å². The maximum absolute atomic E-state index is 10.4. The predicted octanol–water partition coefficient (Wildman–Crippen LogP) is 2.68. The lowest BCUT2D eigenvalue weighted by Crippen LogP contribution is -1.95. The number of halogens is 1. The summed E-state index contributed by atoms with van der Waals surface area (Å²) < 4.78 is 5.72. The third-order valence-corrected chi connectivity index (χ3v) is 2.84. The van der Waals surface area contributed by atoms with Crippen molar-refractivity contribution in [3.05, 3.63) is 43.9 Å². The first-order valence-corrected chi connectivity index (χ1v) is 5.70. The number of non-ortho nitro benzene ring substituents is 1. The number of rotatable bonds is 4. The van der Waals surface area contributed by atoms with Crippen LogP contribution in [0, 0.1) is 10.1 Å². The van der Waals surface area contributed by atoms with Crippen LogP contribution in [0.15, 0.2) is 24.3 Å². The standard InChI is InChI=1S/C9H6ClN3O3S/c10-9-12-11-8(17-9)5-16-7-3-1-6(2-4-7)13(14)15/h1-4H,5H2. The second kappa shape index (κ2) is 5.07. The molecule has 2 aromatic rings. The zero-order valence-electron chi connectivity index (χ0n) is 8.37. The highest BCUT2D eigenvalue weighted by Gasteiger charge is 2.06. The van der Waals surface area contributed by atoms with E-state index in [-0.39, 0.29) is 12.3 Å². The van der Waals surface area contributed by atoms with Crippen molar-refractivity contribution in [2.45, 2.75) is 6.61 Å². The minimum absolute atomic E-state index is 0.0244. The summed E-state index contributed by atoms with van der Waals surface area (Å²) in [5.41, 5.74) is 0.0244. The van der Waals surface area contributed by atoms with Crippen molar-refractivity contribution in [2.24, 2.45) is 0 Å². The van der Waals surface area contributed by atoms with Gasteiger partial charge in [-0.1, -0.05) is 11.3 Å². The van der Waals surface area contributed by atoms with E-state index >= 15 is 0 Å². The quantitative estimate of drug-likeness (QED) is 0.631. The summed E-state index contributed by atoms with van der Waals surface area (Å²) in [6.45, 7) is 0.238. The monoisotopic (exact) mass is 271 g/mol. The van der Waals surface area contributed by atoms with Crippen molar-refractivity contribution >= 4 is 28.6 Å².